The van der Waals surface area contributed by atoms with Crippen molar-refractivity contribution >= 4 is 11.6 Å². The summed E-state index contributed by atoms with van der Waals surface area (Å²) in [6, 6.07) is 4.41. The Kier molecular flexibility index (Phi) is 4.74. The first-order valence-electron chi connectivity index (χ1n) is 6.86. The van der Waals surface area contributed by atoms with Crippen molar-refractivity contribution < 1.29 is 14.5 Å². The van der Waals surface area contributed by atoms with Crippen molar-refractivity contribution in [2.24, 2.45) is 0 Å². The summed E-state index contributed by atoms with van der Waals surface area (Å²) in [6.07, 6.45) is 1.94. The number of rotatable bonds is 5. The largest absolute Gasteiger partial charge is 0.490 e. The normalized spacial score (nSPS) is 17.8. The van der Waals surface area contributed by atoms with Gasteiger partial charge in [-0.1, -0.05) is 0 Å². The molecule has 0 saturated carbocycles. The minimum atomic E-state index is -0.521. The third kappa shape index (κ3) is 3.13. The average Bonchev–Trinajstić information content (AvgIpc) is 2.94. The SMILES string of the molecule is CNCC1CCCN1C(=O)c1ccc([N+](=O)[O-])c(OC)c1. The van der Waals surface area contributed by atoms with E-state index in [-0.39, 0.29) is 23.4 Å². The molecule has 2 rings (SSSR count). The Morgan fingerprint density at radius 1 is 1.57 bits per heavy atom. The highest BCUT2D eigenvalue weighted by Crippen LogP contribution is 2.29. The lowest BCUT2D eigenvalue weighted by molar-refractivity contribution is -0.385. The van der Waals surface area contributed by atoms with Gasteiger partial charge in [0.25, 0.3) is 5.91 Å². The van der Waals surface area contributed by atoms with E-state index in [1.807, 2.05) is 11.9 Å². The molecule has 1 aromatic carbocycles. The van der Waals surface area contributed by atoms with E-state index in [9.17, 15) is 14.9 Å². The first kappa shape index (κ1) is 15.2. The van der Waals surface area contributed by atoms with E-state index in [4.69, 9.17) is 4.74 Å². The molecule has 0 aromatic heterocycles. The number of hydrogen-bond acceptors (Lipinski definition) is 5. The molecule has 1 heterocycles. The Bertz CT molecular complexity index is 547. The molecule has 0 aliphatic carbocycles. The topological polar surface area (TPSA) is 84.7 Å². The monoisotopic (exact) mass is 293 g/mol. The molecule has 1 saturated heterocycles. The first-order valence-corrected chi connectivity index (χ1v) is 6.86. The van der Waals surface area contributed by atoms with Crippen molar-refractivity contribution in [2.75, 3.05) is 27.2 Å². The molecule has 1 amide bonds. The van der Waals surface area contributed by atoms with E-state index < -0.39 is 4.92 Å². The van der Waals surface area contributed by atoms with Crippen LogP contribution in [-0.2, 0) is 0 Å². The van der Waals surface area contributed by atoms with Crippen LogP contribution in [0.2, 0.25) is 0 Å². The van der Waals surface area contributed by atoms with Crippen LogP contribution in [0, 0.1) is 10.1 Å². The molecule has 1 N–H and O–H groups in total. The number of benzene rings is 1. The Balaban J connectivity index is 2.25. The van der Waals surface area contributed by atoms with E-state index >= 15 is 0 Å². The van der Waals surface area contributed by atoms with Gasteiger partial charge in [0.15, 0.2) is 5.75 Å². The van der Waals surface area contributed by atoms with E-state index in [0.29, 0.717) is 12.1 Å². The van der Waals surface area contributed by atoms with Gasteiger partial charge in [-0.3, -0.25) is 14.9 Å². The number of likely N-dealkylation sites (N-methyl/N-ethyl adjacent to an activating group) is 1. The number of nitrogens with zero attached hydrogens (tertiary/aromatic N) is 2. The van der Waals surface area contributed by atoms with Crippen LogP contribution >= 0.6 is 0 Å². The minimum Gasteiger partial charge on any atom is -0.490 e. The molecule has 1 fully saturated rings. The molecule has 0 radical (unpaired) electrons. The van der Waals surface area contributed by atoms with Crippen LogP contribution < -0.4 is 10.1 Å². The molecule has 1 unspecified atom stereocenters. The van der Waals surface area contributed by atoms with Gasteiger partial charge in [-0.2, -0.15) is 0 Å². The van der Waals surface area contributed by atoms with Gasteiger partial charge in [0.2, 0.25) is 0 Å². The second-order valence-corrected chi connectivity index (χ2v) is 5.00. The molecule has 7 nitrogen and oxygen atoms in total. The highest BCUT2D eigenvalue weighted by molar-refractivity contribution is 5.95. The van der Waals surface area contributed by atoms with Crippen molar-refractivity contribution in [3.8, 4) is 5.75 Å². The lowest BCUT2D eigenvalue weighted by Crippen LogP contribution is -2.40. The molecule has 1 aliphatic heterocycles. The average molecular weight is 293 g/mol. The Morgan fingerprint density at radius 2 is 2.33 bits per heavy atom. The number of nitro groups is 1. The molecule has 0 spiro atoms. The summed E-state index contributed by atoms with van der Waals surface area (Å²) >= 11 is 0. The Morgan fingerprint density at radius 3 is 2.95 bits per heavy atom. The summed E-state index contributed by atoms with van der Waals surface area (Å²) in [7, 11) is 3.21. The lowest BCUT2D eigenvalue weighted by atomic mass is 10.1. The highest BCUT2D eigenvalue weighted by Gasteiger charge is 2.29. The van der Waals surface area contributed by atoms with E-state index in [1.54, 1.807) is 0 Å². The van der Waals surface area contributed by atoms with Crippen molar-refractivity contribution in [1.29, 1.82) is 0 Å². The number of carbonyl (C=O) groups is 1. The second kappa shape index (κ2) is 6.53. The number of methoxy groups -OCH3 is 1. The number of nitro benzene ring substituents is 1. The van der Waals surface area contributed by atoms with Crippen LogP contribution in [0.5, 0.6) is 5.75 Å². The Labute approximate surface area is 123 Å². The molecule has 114 valence electrons. The molecule has 1 aliphatic rings. The number of carbonyl (C=O) groups excluding carboxylic acids is 1. The summed E-state index contributed by atoms with van der Waals surface area (Å²) in [5, 5.41) is 14.0. The number of likely N-dealkylation sites (tertiary alicyclic amines) is 1. The summed E-state index contributed by atoms with van der Waals surface area (Å²) < 4.78 is 5.01. The first-order chi connectivity index (χ1) is 10.1. The second-order valence-electron chi connectivity index (χ2n) is 5.00. The van der Waals surface area contributed by atoms with Crippen molar-refractivity contribution in [1.82, 2.24) is 10.2 Å². The molecular weight excluding hydrogens is 274 g/mol. The van der Waals surface area contributed by atoms with Gasteiger partial charge in [-0.25, -0.2) is 0 Å². The van der Waals surface area contributed by atoms with Crippen molar-refractivity contribution in [2.45, 2.75) is 18.9 Å². The summed E-state index contributed by atoms with van der Waals surface area (Å²) in [5.41, 5.74) is 0.280. The third-order valence-electron chi connectivity index (χ3n) is 3.70. The zero-order valence-corrected chi connectivity index (χ0v) is 12.2. The molecule has 7 heteroatoms. The van der Waals surface area contributed by atoms with Crippen LogP contribution in [-0.4, -0.2) is 49.0 Å². The van der Waals surface area contributed by atoms with Gasteiger partial charge >= 0.3 is 5.69 Å². The standard InChI is InChI=1S/C14H19N3O4/c1-15-9-11-4-3-7-16(11)14(18)10-5-6-12(17(19)20)13(8-10)21-2/h5-6,8,11,15H,3-4,7,9H2,1-2H3. The van der Waals surface area contributed by atoms with E-state index in [1.165, 1.54) is 25.3 Å². The van der Waals surface area contributed by atoms with Gasteiger partial charge in [0.1, 0.15) is 0 Å². The summed E-state index contributed by atoms with van der Waals surface area (Å²) in [5.74, 6) is -0.00355. The zero-order chi connectivity index (χ0) is 15.4. The van der Waals surface area contributed by atoms with Crippen molar-refractivity contribution in [3.05, 3.63) is 33.9 Å². The third-order valence-corrected chi connectivity index (χ3v) is 3.70. The quantitative estimate of drug-likeness (QED) is 0.655. The lowest BCUT2D eigenvalue weighted by Gasteiger charge is -2.24. The fourth-order valence-electron chi connectivity index (χ4n) is 2.68. The summed E-state index contributed by atoms with van der Waals surface area (Å²) in [4.78, 5) is 24.7. The van der Waals surface area contributed by atoms with Crippen LogP contribution in [0.3, 0.4) is 0 Å². The van der Waals surface area contributed by atoms with Crippen LogP contribution in [0.4, 0.5) is 5.69 Å². The van der Waals surface area contributed by atoms with Crippen LogP contribution in [0.1, 0.15) is 23.2 Å². The van der Waals surface area contributed by atoms with Crippen molar-refractivity contribution in [3.63, 3.8) is 0 Å². The van der Waals surface area contributed by atoms with E-state index in [2.05, 4.69) is 5.32 Å². The van der Waals surface area contributed by atoms with Crippen LogP contribution in [0.15, 0.2) is 18.2 Å². The predicted octanol–water partition coefficient (Wildman–Crippen LogP) is 1.43. The minimum absolute atomic E-state index is 0.107. The smallest absolute Gasteiger partial charge is 0.310 e. The molecule has 21 heavy (non-hydrogen) atoms. The number of hydrogen-bond donors (Lipinski definition) is 1. The van der Waals surface area contributed by atoms with Gasteiger partial charge < -0.3 is 15.0 Å². The highest BCUT2D eigenvalue weighted by atomic mass is 16.6. The number of amides is 1. The molecule has 0 bridgehead atoms. The number of nitrogens with one attached hydrogen (secondary N) is 1. The molecular formula is C14H19N3O4. The maximum Gasteiger partial charge on any atom is 0.310 e. The number of ether oxygens (including phenoxy) is 1. The molecule has 1 aromatic rings. The maximum atomic E-state index is 12.6. The summed E-state index contributed by atoms with van der Waals surface area (Å²) in [6.45, 7) is 1.46. The van der Waals surface area contributed by atoms with Gasteiger partial charge in [-0.05, 0) is 26.0 Å². The maximum absolute atomic E-state index is 12.6. The fourth-order valence-corrected chi connectivity index (χ4v) is 2.68. The fraction of sp³-hybridized carbons (Fsp3) is 0.500. The van der Waals surface area contributed by atoms with Gasteiger partial charge in [0, 0.05) is 36.8 Å². The Hall–Kier alpha value is -2.15. The van der Waals surface area contributed by atoms with Gasteiger partial charge in [-0.15, -0.1) is 0 Å². The van der Waals surface area contributed by atoms with Gasteiger partial charge in [0.05, 0.1) is 12.0 Å². The van der Waals surface area contributed by atoms with Crippen LogP contribution in [0.25, 0.3) is 0 Å². The molecule has 1 atom stereocenters. The van der Waals surface area contributed by atoms with E-state index in [0.717, 1.165) is 19.4 Å². The predicted molar refractivity (Wildman–Crippen MR) is 77.6 cm³/mol. The zero-order valence-electron chi connectivity index (χ0n) is 12.2.